The summed E-state index contributed by atoms with van der Waals surface area (Å²) in [6, 6.07) is 9.13. The van der Waals surface area contributed by atoms with Crippen LogP contribution >= 0.6 is 11.6 Å². The summed E-state index contributed by atoms with van der Waals surface area (Å²) in [5.74, 6) is 2.43. The van der Waals surface area contributed by atoms with Crippen LogP contribution < -0.4 is 10.6 Å². The van der Waals surface area contributed by atoms with Gasteiger partial charge in [0.05, 0.1) is 0 Å². The molecule has 1 aromatic carbocycles. The van der Waals surface area contributed by atoms with Crippen LogP contribution in [0.1, 0.15) is 11.3 Å². The Morgan fingerprint density at radius 1 is 1.05 bits per heavy atom. The Bertz CT molecular complexity index is 802. The fourth-order valence-corrected chi connectivity index (χ4v) is 2.16. The first-order valence-corrected chi connectivity index (χ1v) is 7.04. The Morgan fingerprint density at radius 3 is 2.64 bits per heavy atom. The molecule has 0 amide bonds. The monoisotopic (exact) mass is 315 g/mol. The van der Waals surface area contributed by atoms with Crippen molar-refractivity contribution in [1.82, 2.24) is 15.1 Å². The molecular weight excluding hydrogens is 302 g/mol. The second kappa shape index (κ2) is 6.03. The van der Waals surface area contributed by atoms with E-state index in [2.05, 4.69) is 25.8 Å². The highest BCUT2D eigenvalue weighted by Gasteiger charge is 2.05. The summed E-state index contributed by atoms with van der Waals surface area (Å²) < 4.78 is 5.01. The predicted octanol–water partition coefficient (Wildman–Crippen LogP) is 4.22. The van der Waals surface area contributed by atoms with Gasteiger partial charge in [-0.3, -0.25) is 0 Å². The summed E-state index contributed by atoms with van der Waals surface area (Å²) in [7, 11) is 0. The number of nitrogens with zero attached hydrogens (tertiary/aromatic N) is 3. The average Bonchev–Trinajstić information content (AvgIpc) is 2.88. The molecule has 0 aliphatic carbocycles. The molecule has 6 nitrogen and oxygen atoms in total. The van der Waals surface area contributed by atoms with Crippen molar-refractivity contribution in [3.63, 3.8) is 0 Å². The highest BCUT2D eigenvalue weighted by Crippen LogP contribution is 2.22. The summed E-state index contributed by atoms with van der Waals surface area (Å²) in [4.78, 5) is 8.59. The van der Waals surface area contributed by atoms with E-state index >= 15 is 0 Å². The largest absolute Gasteiger partial charge is 0.360 e. The first-order chi connectivity index (χ1) is 10.6. The average molecular weight is 316 g/mol. The second-order valence-corrected chi connectivity index (χ2v) is 5.23. The zero-order valence-electron chi connectivity index (χ0n) is 12.1. The van der Waals surface area contributed by atoms with E-state index in [9.17, 15) is 0 Å². The Morgan fingerprint density at radius 2 is 1.91 bits per heavy atom. The molecule has 0 atom stereocenters. The molecule has 2 aromatic heterocycles. The summed E-state index contributed by atoms with van der Waals surface area (Å²) in [5.41, 5.74) is 1.92. The van der Waals surface area contributed by atoms with E-state index in [0.717, 1.165) is 17.0 Å². The van der Waals surface area contributed by atoms with Gasteiger partial charge in [0.1, 0.15) is 11.6 Å². The maximum atomic E-state index is 5.95. The maximum absolute atomic E-state index is 5.95. The molecule has 3 aromatic rings. The van der Waals surface area contributed by atoms with E-state index in [1.54, 1.807) is 18.3 Å². The first-order valence-electron chi connectivity index (χ1n) is 6.67. The molecular formula is C15H14ClN5O. The van der Waals surface area contributed by atoms with Crippen molar-refractivity contribution in [3.8, 4) is 0 Å². The van der Waals surface area contributed by atoms with Gasteiger partial charge in [-0.05, 0) is 43.7 Å². The Balaban J connectivity index is 1.78. The summed E-state index contributed by atoms with van der Waals surface area (Å²) in [5, 5.41) is 10.8. The minimum absolute atomic E-state index is 0.482. The SMILES string of the molecule is Cc1cc(Nc2ccnc(Nc3ccc(Cl)cc3C)n2)no1. The number of hydrogen-bond donors (Lipinski definition) is 2. The van der Waals surface area contributed by atoms with Gasteiger partial charge >= 0.3 is 0 Å². The van der Waals surface area contributed by atoms with Gasteiger partial charge in [-0.25, -0.2) is 4.98 Å². The molecule has 2 heterocycles. The molecule has 112 valence electrons. The molecule has 0 saturated heterocycles. The van der Waals surface area contributed by atoms with Crippen molar-refractivity contribution < 1.29 is 4.52 Å². The number of benzene rings is 1. The lowest BCUT2D eigenvalue weighted by molar-refractivity contribution is 0.400. The number of anilines is 4. The van der Waals surface area contributed by atoms with Crippen molar-refractivity contribution in [1.29, 1.82) is 0 Å². The van der Waals surface area contributed by atoms with Crippen LogP contribution in [0.4, 0.5) is 23.3 Å². The minimum Gasteiger partial charge on any atom is -0.360 e. The fraction of sp³-hybridized carbons (Fsp3) is 0.133. The Kier molecular flexibility index (Phi) is 3.93. The van der Waals surface area contributed by atoms with Crippen molar-refractivity contribution in [2.45, 2.75) is 13.8 Å². The van der Waals surface area contributed by atoms with Gasteiger partial charge in [-0.2, -0.15) is 4.98 Å². The quantitative estimate of drug-likeness (QED) is 0.750. The molecule has 2 N–H and O–H groups in total. The zero-order chi connectivity index (χ0) is 15.5. The van der Waals surface area contributed by atoms with Crippen molar-refractivity contribution >= 4 is 34.9 Å². The van der Waals surface area contributed by atoms with Crippen LogP contribution in [-0.2, 0) is 0 Å². The minimum atomic E-state index is 0.482. The van der Waals surface area contributed by atoms with Crippen molar-refractivity contribution in [2.75, 3.05) is 10.6 Å². The molecule has 0 unspecified atom stereocenters. The molecule has 0 radical (unpaired) electrons. The molecule has 0 saturated carbocycles. The van der Waals surface area contributed by atoms with Crippen LogP contribution in [0.5, 0.6) is 0 Å². The van der Waals surface area contributed by atoms with E-state index < -0.39 is 0 Å². The van der Waals surface area contributed by atoms with Crippen molar-refractivity contribution in [3.05, 3.63) is 52.9 Å². The van der Waals surface area contributed by atoms with Crippen LogP contribution in [0.15, 0.2) is 41.1 Å². The summed E-state index contributed by atoms with van der Waals surface area (Å²) >= 11 is 5.95. The molecule has 0 fully saturated rings. The highest BCUT2D eigenvalue weighted by molar-refractivity contribution is 6.30. The lowest BCUT2D eigenvalue weighted by Gasteiger charge is -2.09. The predicted molar refractivity (Wildman–Crippen MR) is 86.0 cm³/mol. The van der Waals surface area contributed by atoms with Gasteiger partial charge < -0.3 is 15.2 Å². The number of halogens is 1. The highest BCUT2D eigenvalue weighted by atomic mass is 35.5. The molecule has 3 rings (SSSR count). The van der Waals surface area contributed by atoms with Crippen LogP contribution in [0.25, 0.3) is 0 Å². The summed E-state index contributed by atoms with van der Waals surface area (Å²) in [6.07, 6.45) is 1.66. The van der Waals surface area contributed by atoms with Crippen LogP contribution in [0, 0.1) is 13.8 Å². The van der Waals surface area contributed by atoms with Crippen LogP contribution in [0.3, 0.4) is 0 Å². The van der Waals surface area contributed by atoms with E-state index in [1.165, 1.54) is 0 Å². The third kappa shape index (κ3) is 3.35. The lowest BCUT2D eigenvalue weighted by atomic mass is 10.2. The van der Waals surface area contributed by atoms with E-state index in [1.807, 2.05) is 32.0 Å². The number of aryl methyl sites for hydroxylation is 2. The third-order valence-corrected chi connectivity index (χ3v) is 3.21. The van der Waals surface area contributed by atoms with Gasteiger partial charge in [-0.15, -0.1) is 0 Å². The Hall–Kier alpha value is -2.60. The normalized spacial score (nSPS) is 10.5. The molecule has 0 aliphatic rings. The molecule has 22 heavy (non-hydrogen) atoms. The Labute approximate surface area is 132 Å². The fourth-order valence-electron chi connectivity index (χ4n) is 1.93. The maximum Gasteiger partial charge on any atom is 0.229 e. The first kappa shape index (κ1) is 14.3. The molecule has 0 aliphatic heterocycles. The summed E-state index contributed by atoms with van der Waals surface area (Å²) in [6.45, 7) is 3.79. The van der Waals surface area contributed by atoms with Gasteiger partial charge in [0, 0.05) is 23.0 Å². The van der Waals surface area contributed by atoms with E-state index in [0.29, 0.717) is 22.6 Å². The van der Waals surface area contributed by atoms with Crippen LogP contribution in [-0.4, -0.2) is 15.1 Å². The molecule has 7 heteroatoms. The number of hydrogen-bond acceptors (Lipinski definition) is 6. The van der Waals surface area contributed by atoms with Gasteiger partial charge in [0.15, 0.2) is 5.82 Å². The smallest absolute Gasteiger partial charge is 0.229 e. The van der Waals surface area contributed by atoms with Gasteiger partial charge in [0.2, 0.25) is 5.95 Å². The van der Waals surface area contributed by atoms with E-state index in [-0.39, 0.29) is 0 Å². The third-order valence-electron chi connectivity index (χ3n) is 2.97. The molecule has 0 bridgehead atoms. The van der Waals surface area contributed by atoms with Crippen LogP contribution in [0.2, 0.25) is 5.02 Å². The topological polar surface area (TPSA) is 75.9 Å². The number of nitrogens with one attached hydrogen (secondary N) is 2. The lowest BCUT2D eigenvalue weighted by Crippen LogP contribution is -2.01. The van der Waals surface area contributed by atoms with Crippen molar-refractivity contribution in [2.24, 2.45) is 0 Å². The van der Waals surface area contributed by atoms with Gasteiger partial charge in [-0.1, -0.05) is 16.8 Å². The van der Waals surface area contributed by atoms with E-state index in [4.69, 9.17) is 16.1 Å². The molecule has 0 spiro atoms. The van der Waals surface area contributed by atoms with Gasteiger partial charge in [0.25, 0.3) is 0 Å². The second-order valence-electron chi connectivity index (χ2n) is 4.80. The number of aromatic nitrogens is 3. The number of rotatable bonds is 4. The zero-order valence-corrected chi connectivity index (χ0v) is 12.8. The standard InChI is InChI=1S/C15H14ClN5O/c1-9-7-11(16)3-4-12(9)18-15-17-6-5-13(20-15)19-14-8-10(2)22-21-14/h3-8H,1-2H3,(H2,17,18,19,20,21).